The van der Waals surface area contributed by atoms with E-state index in [1.54, 1.807) is 6.92 Å². The van der Waals surface area contributed by atoms with E-state index in [2.05, 4.69) is 13.5 Å². The molecule has 0 fully saturated rings. The summed E-state index contributed by atoms with van der Waals surface area (Å²) in [6, 6.07) is 0. The Morgan fingerprint density at radius 3 is 1.42 bits per heavy atom. The molecule has 0 aromatic heterocycles. The molecule has 0 spiro atoms. The predicted octanol–water partition coefficient (Wildman–Crippen LogP) is 4.62. The van der Waals surface area contributed by atoms with E-state index in [1.165, 1.54) is 57.8 Å². The first-order valence-corrected chi connectivity index (χ1v) is 10.7. The van der Waals surface area contributed by atoms with Crippen molar-refractivity contribution >= 4 is 16.0 Å². The lowest BCUT2D eigenvalue weighted by Crippen LogP contribution is -2.10. The molecule has 0 aliphatic rings. The van der Waals surface area contributed by atoms with Gasteiger partial charge in [-0.15, -0.1) is 0 Å². The highest BCUT2D eigenvalue weighted by molar-refractivity contribution is 7.85. The third-order valence-electron chi connectivity index (χ3n) is 3.68. The fraction of sp³-hybridized carbons (Fsp3) is 0.833. The Hall–Kier alpha value is -0.880. The fourth-order valence-electron chi connectivity index (χ4n) is 2.13. The average Bonchev–Trinajstić information content (AvgIpc) is 2.48. The number of nitrogens with two attached hydrogens (primary N) is 1. The average molecular weight is 364 g/mol. The van der Waals surface area contributed by atoms with Crippen molar-refractivity contribution in [2.24, 2.45) is 5.73 Å². The van der Waals surface area contributed by atoms with E-state index in [9.17, 15) is 13.2 Å². The number of primary amides is 1. The van der Waals surface area contributed by atoms with Crippen molar-refractivity contribution in [2.45, 2.75) is 90.9 Å². The Morgan fingerprint density at radius 2 is 1.17 bits per heavy atom. The van der Waals surface area contributed by atoms with Crippen LogP contribution in [0.15, 0.2) is 12.2 Å². The van der Waals surface area contributed by atoms with E-state index in [0.29, 0.717) is 12.0 Å². The van der Waals surface area contributed by atoms with Crippen LogP contribution in [-0.4, -0.2) is 24.6 Å². The van der Waals surface area contributed by atoms with Gasteiger partial charge in [-0.25, -0.2) is 0 Å². The Labute approximate surface area is 148 Å². The van der Waals surface area contributed by atoms with Crippen LogP contribution in [0.25, 0.3) is 0 Å². The van der Waals surface area contributed by atoms with Crippen LogP contribution in [0.3, 0.4) is 0 Å². The number of hydrogen-bond donors (Lipinski definition) is 2. The van der Waals surface area contributed by atoms with E-state index in [-0.39, 0.29) is 5.75 Å². The molecule has 6 heteroatoms. The molecule has 0 aliphatic carbocycles. The second-order valence-corrected chi connectivity index (χ2v) is 7.89. The normalized spacial score (nSPS) is 10.8. The molecule has 0 saturated heterocycles. The summed E-state index contributed by atoms with van der Waals surface area (Å²) in [5, 5.41) is 0. The van der Waals surface area contributed by atoms with E-state index in [1.807, 2.05) is 0 Å². The highest BCUT2D eigenvalue weighted by atomic mass is 32.2. The second kappa shape index (κ2) is 17.0. The van der Waals surface area contributed by atoms with Crippen LogP contribution in [0.1, 0.15) is 90.9 Å². The molecule has 0 atom stereocenters. The Kier molecular flexibility index (Phi) is 17.9. The largest absolute Gasteiger partial charge is 0.366 e. The summed E-state index contributed by atoms with van der Waals surface area (Å²) in [7, 11) is -3.74. The zero-order chi connectivity index (χ0) is 18.8. The highest BCUT2D eigenvalue weighted by Gasteiger charge is 2.02. The molecule has 144 valence electrons. The van der Waals surface area contributed by atoms with Gasteiger partial charge in [-0.1, -0.05) is 84.1 Å². The van der Waals surface area contributed by atoms with Gasteiger partial charge in [-0.05, 0) is 13.3 Å². The number of carbonyl (C=O) groups excluding carboxylic acids is 1. The third kappa shape index (κ3) is 26.0. The molecule has 0 heterocycles. The summed E-state index contributed by atoms with van der Waals surface area (Å²) in [5.41, 5.74) is 5.09. The maximum atomic E-state index is 10.5. The minimum Gasteiger partial charge on any atom is -0.366 e. The molecule has 0 rings (SSSR count). The number of carbonyl (C=O) groups is 1. The van der Waals surface area contributed by atoms with Crippen LogP contribution < -0.4 is 5.73 Å². The van der Waals surface area contributed by atoms with Crippen molar-refractivity contribution in [1.82, 2.24) is 0 Å². The van der Waals surface area contributed by atoms with Gasteiger partial charge in [0.15, 0.2) is 0 Å². The lowest BCUT2D eigenvalue weighted by Gasteiger charge is -2.02. The summed E-state index contributed by atoms with van der Waals surface area (Å²) in [5.74, 6) is -0.514. The van der Waals surface area contributed by atoms with Crippen molar-refractivity contribution in [2.75, 3.05) is 5.75 Å². The fourth-order valence-corrected chi connectivity index (χ4v) is 2.69. The molecule has 0 radical (unpaired) electrons. The van der Waals surface area contributed by atoms with Gasteiger partial charge in [0.2, 0.25) is 5.91 Å². The highest BCUT2D eigenvalue weighted by Crippen LogP contribution is 2.12. The zero-order valence-corrected chi connectivity index (χ0v) is 16.4. The first-order valence-electron chi connectivity index (χ1n) is 9.11. The molecule has 0 aromatic rings. The van der Waals surface area contributed by atoms with Gasteiger partial charge < -0.3 is 5.73 Å². The maximum absolute atomic E-state index is 10.5. The topological polar surface area (TPSA) is 97.5 Å². The summed E-state index contributed by atoms with van der Waals surface area (Å²) in [6.45, 7) is 7.09. The lowest BCUT2D eigenvalue weighted by atomic mass is 10.1. The molecule has 3 N–H and O–H groups in total. The van der Waals surface area contributed by atoms with Crippen LogP contribution in [0.2, 0.25) is 0 Å². The standard InChI is InChI=1S/C14H30O3S.C4H7NO/c1-2-3-4-5-6-7-8-9-10-11-12-13-14-18(15,16)17;1-3(2)4(5)6/h2-14H2,1H3,(H,15,16,17);1H2,2H3,(H2,5,6). The smallest absolute Gasteiger partial charge is 0.264 e. The van der Waals surface area contributed by atoms with E-state index in [0.717, 1.165) is 12.8 Å². The molecule has 5 nitrogen and oxygen atoms in total. The second-order valence-electron chi connectivity index (χ2n) is 6.32. The summed E-state index contributed by atoms with van der Waals surface area (Å²) >= 11 is 0. The van der Waals surface area contributed by atoms with Crippen LogP contribution >= 0.6 is 0 Å². The quantitative estimate of drug-likeness (QED) is 0.267. The summed E-state index contributed by atoms with van der Waals surface area (Å²) < 4.78 is 29.5. The van der Waals surface area contributed by atoms with E-state index < -0.39 is 16.0 Å². The first-order chi connectivity index (χ1) is 11.2. The van der Waals surface area contributed by atoms with Gasteiger partial charge in [0.05, 0.1) is 5.75 Å². The van der Waals surface area contributed by atoms with Crippen LogP contribution in [0.5, 0.6) is 0 Å². The molecule has 0 aromatic carbocycles. The van der Waals surface area contributed by atoms with Crippen molar-refractivity contribution in [1.29, 1.82) is 0 Å². The van der Waals surface area contributed by atoms with Crippen molar-refractivity contribution in [3.05, 3.63) is 12.2 Å². The Balaban J connectivity index is 0. The van der Waals surface area contributed by atoms with Crippen molar-refractivity contribution in [3.8, 4) is 0 Å². The van der Waals surface area contributed by atoms with Crippen molar-refractivity contribution < 1.29 is 17.8 Å². The Bertz CT molecular complexity index is 407. The molecule has 0 unspecified atom stereocenters. The third-order valence-corrected chi connectivity index (χ3v) is 4.48. The van der Waals surface area contributed by atoms with Gasteiger partial charge >= 0.3 is 0 Å². The van der Waals surface area contributed by atoms with Gasteiger partial charge in [-0.2, -0.15) is 8.42 Å². The van der Waals surface area contributed by atoms with Gasteiger partial charge in [0.25, 0.3) is 10.1 Å². The number of rotatable bonds is 14. The number of amides is 1. The zero-order valence-electron chi connectivity index (χ0n) is 15.6. The van der Waals surface area contributed by atoms with E-state index >= 15 is 0 Å². The van der Waals surface area contributed by atoms with Gasteiger partial charge in [-0.3, -0.25) is 9.35 Å². The van der Waals surface area contributed by atoms with Crippen LogP contribution in [-0.2, 0) is 14.9 Å². The van der Waals surface area contributed by atoms with Crippen LogP contribution in [0, 0.1) is 0 Å². The molecule has 0 aliphatic heterocycles. The summed E-state index contributed by atoms with van der Waals surface area (Å²) in [4.78, 5) is 9.82. The van der Waals surface area contributed by atoms with E-state index in [4.69, 9.17) is 10.3 Å². The predicted molar refractivity (Wildman–Crippen MR) is 102 cm³/mol. The van der Waals surface area contributed by atoms with Crippen LogP contribution in [0.4, 0.5) is 0 Å². The number of hydrogen-bond acceptors (Lipinski definition) is 3. The minimum atomic E-state index is -3.74. The monoisotopic (exact) mass is 363 g/mol. The SMILES string of the molecule is C=C(C)C(N)=O.CCCCCCCCCCCCCCS(=O)(=O)O. The first kappa shape index (κ1) is 25.4. The number of unbranched alkanes of at least 4 members (excludes halogenated alkanes) is 11. The molecule has 0 saturated carbocycles. The molecule has 1 amide bonds. The molecule has 24 heavy (non-hydrogen) atoms. The van der Waals surface area contributed by atoms with Crippen molar-refractivity contribution in [3.63, 3.8) is 0 Å². The Morgan fingerprint density at radius 1 is 0.875 bits per heavy atom. The molecule has 0 bridgehead atoms. The minimum absolute atomic E-state index is 0.0789. The van der Waals surface area contributed by atoms with Gasteiger partial charge in [0, 0.05) is 5.57 Å². The lowest BCUT2D eigenvalue weighted by molar-refractivity contribution is -0.114. The van der Waals surface area contributed by atoms with Gasteiger partial charge in [0.1, 0.15) is 0 Å². The summed E-state index contributed by atoms with van der Waals surface area (Å²) in [6.07, 6.45) is 14.5. The molecular formula is C18H37NO4S. The maximum Gasteiger partial charge on any atom is 0.264 e. The molecular weight excluding hydrogens is 326 g/mol.